The number of H-pyrrole nitrogens is 1. The van der Waals surface area contributed by atoms with Crippen LogP contribution in [0.5, 0.6) is 0 Å². The number of carbonyl (C=O) groups is 2. The largest absolute Gasteiger partial charge is 0.480 e. The third kappa shape index (κ3) is 3.56. The number of rotatable bonds is 4. The molecule has 1 aromatic carbocycles. The van der Waals surface area contributed by atoms with Gasteiger partial charge in [0.05, 0.1) is 0 Å². The normalized spacial score (nSPS) is 10.1. The van der Waals surface area contributed by atoms with E-state index < -0.39 is 24.0 Å². The Balaban J connectivity index is 2.40. The summed E-state index contributed by atoms with van der Waals surface area (Å²) in [6.45, 7) is 1.40. The quantitative estimate of drug-likeness (QED) is 0.889. The van der Waals surface area contributed by atoms with Crippen LogP contribution < -0.4 is 10.5 Å². The lowest BCUT2D eigenvalue weighted by atomic mass is 10.2. The fourth-order valence-electron chi connectivity index (χ4n) is 1.86. The molecule has 0 radical (unpaired) electrons. The van der Waals surface area contributed by atoms with Gasteiger partial charge in [0.25, 0.3) is 5.91 Å². The van der Waals surface area contributed by atoms with Crippen molar-refractivity contribution in [1.82, 2.24) is 4.98 Å². The Hall–Kier alpha value is -2.89. The van der Waals surface area contributed by atoms with Crippen molar-refractivity contribution in [2.45, 2.75) is 6.92 Å². The van der Waals surface area contributed by atoms with Crippen molar-refractivity contribution >= 4 is 17.6 Å². The van der Waals surface area contributed by atoms with Crippen molar-refractivity contribution in [2.24, 2.45) is 0 Å². The molecule has 1 aromatic heterocycles. The first-order valence-corrected chi connectivity index (χ1v) is 6.27. The molecule has 0 aliphatic carbocycles. The molecule has 0 unspecified atom stereocenters. The molecule has 0 atom stereocenters. The molecule has 2 rings (SSSR count). The predicted molar refractivity (Wildman–Crippen MR) is 77.6 cm³/mol. The smallest absolute Gasteiger partial charge is 0.323 e. The van der Waals surface area contributed by atoms with Gasteiger partial charge in [0.2, 0.25) is 5.56 Å². The summed E-state index contributed by atoms with van der Waals surface area (Å²) in [7, 11) is 0. The molecule has 0 saturated carbocycles. The Kier molecular flexibility index (Phi) is 4.18. The van der Waals surface area contributed by atoms with Crippen LogP contribution in [0.25, 0.3) is 0 Å². The molecule has 108 valence electrons. The standard InChI is InChI=1S/C15H14N2O4/c1-10-5-7-11(8-6-10)17(9-14(19)20)15(21)12-3-2-4-13(18)16-12/h2-8H,9H2,1H3,(H,16,18)(H,19,20). The molecule has 0 fully saturated rings. The molecular formula is C15H14N2O4. The van der Waals surface area contributed by atoms with Gasteiger partial charge in [-0.15, -0.1) is 0 Å². The molecular weight excluding hydrogens is 272 g/mol. The van der Waals surface area contributed by atoms with E-state index in [0.717, 1.165) is 10.5 Å². The van der Waals surface area contributed by atoms with Gasteiger partial charge < -0.3 is 10.1 Å². The number of hydrogen-bond donors (Lipinski definition) is 2. The molecule has 21 heavy (non-hydrogen) atoms. The molecule has 1 heterocycles. The van der Waals surface area contributed by atoms with Gasteiger partial charge in [0.15, 0.2) is 0 Å². The topological polar surface area (TPSA) is 90.5 Å². The lowest BCUT2D eigenvalue weighted by Gasteiger charge is -2.20. The maximum atomic E-state index is 12.4. The molecule has 1 amide bonds. The second-order valence-electron chi connectivity index (χ2n) is 4.55. The van der Waals surface area contributed by atoms with Gasteiger partial charge in [-0.25, -0.2) is 0 Å². The molecule has 0 aliphatic heterocycles. The summed E-state index contributed by atoms with van der Waals surface area (Å²) < 4.78 is 0. The summed E-state index contributed by atoms with van der Waals surface area (Å²) in [5.41, 5.74) is 1.08. The predicted octanol–water partition coefficient (Wildman–Crippen LogP) is 1.41. The minimum atomic E-state index is -1.14. The lowest BCUT2D eigenvalue weighted by Crippen LogP contribution is -2.36. The van der Waals surface area contributed by atoms with E-state index in [1.54, 1.807) is 24.3 Å². The zero-order chi connectivity index (χ0) is 15.4. The van der Waals surface area contributed by atoms with Crippen LogP contribution >= 0.6 is 0 Å². The van der Waals surface area contributed by atoms with Crippen molar-refractivity contribution < 1.29 is 14.7 Å². The average Bonchev–Trinajstić information content (AvgIpc) is 2.45. The highest BCUT2D eigenvalue weighted by molar-refractivity contribution is 6.06. The van der Waals surface area contributed by atoms with Crippen molar-refractivity contribution in [3.05, 3.63) is 64.1 Å². The fraction of sp³-hybridized carbons (Fsp3) is 0.133. The van der Waals surface area contributed by atoms with Gasteiger partial charge in [-0.1, -0.05) is 23.8 Å². The van der Waals surface area contributed by atoms with Crippen LogP contribution in [-0.2, 0) is 4.79 Å². The molecule has 6 heteroatoms. The van der Waals surface area contributed by atoms with Crippen LogP contribution in [0.4, 0.5) is 5.69 Å². The number of nitrogens with zero attached hydrogens (tertiary/aromatic N) is 1. The second kappa shape index (κ2) is 6.04. The summed E-state index contributed by atoms with van der Waals surface area (Å²) in [5, 5.41) is 8.98. The van der Waals surface area contributed by atoms with Gasteiger partial charge in [-0.3, -0.25) is 19.3 Å². The maximum Gasteiger partial charge on any atom is 0.323 e. The highest BCUT2D eigenvalue weighted by Gasteiger charge is 2.21. The number of amides is 1. The zero-order valence-electron chi connectivity index (χ0n) is 11.4. The first kappa shape index (κ1) is 14.5. The number of pyridine rings is 1. The Morgan fingerprint density at radius 2 is 1.81 bits per heavy atom. The van der Waals surface area contributed by atoms with E-state index in [1.165, 1.54) is 18.2 Å². The minimum Gasteiger partial charge on any atom is -0.480 e. The van der Waals surface area contributed by atoms with Gasteiger partial charge in [-0.2, -0.15) is 0 Å². The molecule has 0 saturated heterocycles. The Bertz CT molecular complexity index is 719. The maximum absolute atomic E-state index is 12.4. The summed E-state index contributed by atoms with van der Waals surface area (Å²) in [6.07, 6.45) is 0. The SMILES string of the molecule is Cc1ccc(N(CC(=O)O)C(=O)c2cccc(=O)[nH]2)cc1. The molecule has 6 nitrogen and oxygen atoms in total. The highest BCUT2D eigenvalue weighted by atomic mass is 16.4. The van der Waals surface area contributed by atoms with E-state index in [9.17, 15) is 14.4 Å². The van der Waals surface area contributed by atoms with Crippen LogP contribution in [0, 0.1) is 6.92 Å². The van der Waals surface area contributed by atoms with E-state index in [2.05, 4.69) is 4.98 Å². The number of aliphatic carboxylic acids is 1. The average molecular weight is 286 g/mol. The fourth-order valence-corrected chi connectivity index (χ4v) is 1.86. The van der Waals surface area contributed by atoms with E-state index in [-0.39, 0.29) is 5.69 Å². The lowest BCUT2D eigenvalue weighted by molar-refractivity contribution is -0.135. The number of hydrogen-bond acceptors (Lipinski definition) is 3. The first-order chi connectivity index (χ1) is 9.97. The monoisotopic (exact) mass is 286 g/mol. The van der Waals surface area contributed by atoms with E-state index in [0.29, 0.717) is 5.69 Å². The third-order valence-corrected chi connectivity index (χ3v) is 2.88. The minimum absolute atomic E-state index is 0.0457. The van der Waals surface area contributed by atoms with Crippen LogP contribution in [-0.4, -0.2) is 28.5 Å². The number of benzene rings is 1. The zero-order valence-corrected chi connectivity index (χ0v) is 11.4. The van der Waals surface area contributed by atoms with Gasteiger partial charge in [-0.05, 0) is 25.1 Å². The van der Waals surface area contributed by atoms with Crippen LogP contribution in [0.2, 0.25) is 0 Å². The number of aromatic nitrogens is 1. The summed E-state index contributed by atoms with van der Waals surface area (Å²) in [6, 6.07) is 11.1. The number of aryl methyl sites for hydroxylation is 1. The number of aromatic amines is 1. The summed E-state index contributed by atoms with van der Waals surface area (Å²) in [4.78, 5) is 38.2. The van der Waals surface area contributed by atoms with Crippen molar-refractivity contribution in [3.8, 4) is 0 Å². The van der Waals surface area contributed by atoms with Crippen molar-refractivity contribution in [2.75, 3.05) is 11.4 Å². The Morgan fingerprint density at radius 3 is 2.38 bits per heavy atom. The third-order valence-electron chi connectivity index (χ3n) is 2.88. The number of carbonyl (C=O) groups excluding carboxylic acids is 1. The molecule has 0 bridgehead atoms. The molecule has 0 aliphatic rings. The van der Waals surface area contributed by atoms with Gasteiger partial charge >= 0.3 is 5.97 Å². The van der Waals surface area contributed by atoms with Gasteiger partial charge in [0, 0.05) is 11.8 Å². The van der Waals surface area contributed by atoms with E-state index in [1.807, 2.05) is 6.92 Å². The van der Waals surface area contributed by atoms with Crippen LogP contribution in [0.1, 0.15) is 16.1 Å². The second-order valence-corrected chi connectivity index (χ2v) is 4.55. The Labute approximate surface area is 120 Å². The van der Waals surface area contributed by atoms with Crippen molar-refractivity contribution in [3.63, 3.8) is 0 Å². The summed E-state index contributed by atoms with van der Waals surface area (Å²) >= 11 is 0. The van der Waals surface area contributed by atoms with Gasteiger partial charge in [0.1, 0.15) is 12.2 Å². The number of carboxylic acids is 1. The highest BCUT2D eigenvalue weighted by Crippen LogP contribution is 2.17. The molecule has 2 N–H and O–H groups in total. The first-order valence-electron chi connectivity index (χ1n) is 6.27. The van der Waals surface area contributed by atoms with Crippen LogP contribution in [0.3, 0.4) is 0 Å². The number of nitrogens with one attached hydrogen (secondary N) is 1. The Morgan fingerprint density at radius 1 is 1.14 bits per heavy atom. The number of carboxylic acid groups (broad SMARTS) is 1. The van der Waals surface area contributed by atoms with E-state index >= 15 is 0 Å². The number of anilines is 1. The molecule has 0 spiro atoms. The van der Waals surface area contributed by atoms with Crippen molar-refractivity contribution in [1.29, 1.82) is 0 Å². The van der Waals surface area contributed by atoms with E-state index in [4.69, 9.17) is 5.11 Å². The molecule has 2 aromatic rings. The van der Waals surface area contributed by atoms with Crippen LogP contribution in [0.15, 0.2) is 47.3 Å². The summed E-state index contributed by atoms with van der Waals surface area (Å²) in [5.74, 6) is -1.71.